The van der Waals surface area contributed by atoms with Crippen molar-refractivity contribution in [2.75, 3.05) is 18.9 Å². The van der Waals surface area contributed by atoms with E-state index in [4.69, 9.17) is 22.1 Å². The normalized spacial score (nSPS) is 17.4. The lowest BCUT2D eigenvalue weighted by molar-refractivity contribution is 0.194. The molecule has 1 fully saturated rings. The van der Waals surface area contributed by atoms with Gasteiger partial charge < -0.3 is 10.5 Å². The van der Waals surface area contributed by atoms with Gasteiger partial charge in [0.1, 0.15) is 11.9 Å². The lowest BCUT2D eigenvalue weighted by Gasteiger charge is -2.14. The van der Waals surface area contributed by atoms with E-state index in [9.17, 15) is 5.26 Å². The van der Waals surface area contributed by atoms with Gasteiger partial charge >= 0.3 is 0 Å². The number of hydrogen-bond donors (Lipinski definition) is 1. The predicted octanol–water partition coefficient (Wildman–Crippen LogP) is 3.67. The van der Waals surface area contributed by atoms with Crippen LogP contribution in [0.25, 0.3) is 11.3 Å². The number of pyridine rings is 1. The zero-order valence-electron chi connectivity index (χ0n) is 12.3. The van der Waals surface area contributed by atoms with Crippen molar-refractivity contribution in [1.82, 2.24) is 4.98 Å². The highest BCUT2D eigenvalue weighted by atomic mass is 35.5. The van der Waals surface area contributed by atoms with Gasteiger partial charge in [-0.1, -0.05) is 17.7 Å². The van der Waals surface area contributed by atoms with Crippen LogP contribution in [-0.4, -0.2) is 18.2 Å². The first-order valence-electron chi connectivity index (χ1n) is 7.15. The Bertz CT molecular complexity index is 761. The number of nitrogen functional groups attached to an aromatic ring is 1. The fourth-order valence-corrected chi connectivity index (χ4v) is 2.88. The molecule has 0 unspecified atom stereocenters. The quantitative estimate of drug-likeness (QED) is 0.918. The number of nitriles is 1. The molecule has 1 saturated heterocycles. The minimum Gasteiger partial charge on any atom is -0.383 e. The molecule has 2 heterocycles. The highest BCUT2D eigenvalue weighted by Gasteiger charge is 2.23. The smallest absolute Gasteiger partial charge is 0.142 e. The molecule has 0 spiro atoms. The van der Waals surface area contributed by atoms with Crippen molar-refractivity contribution < 1.29 is 4.74 Å². The van der Waals surface area contributed by atoms with Crippen molar-refractivity contribution in [3.63, 3.8) is 0 Å². The average Bonchev–Trinajstić information content (AvgIpc) is 3.03. The van der Waals surface area contributed by atoms with Crippen molar-refractivity contribution in [3.8, 4) is 17.3 Å². The van der Waals surface area contributed by atoms with Gasteiger partial charge in [0.2, 0.25) is 0 Å². The Morgan fingerprint density at radius 3 is 2.86 bits per heavy atom. The second kappa shape index (κ2) is 5.96. The lowest BCUT2D eigenvalue weighted by atomic mass is 9.93. The fourth-order valence-electron chi connectivity index (χ4n) is 2.76. The number of rotatable bonds is 2. The first-order valence-corrected chi connectivity index (χ1v) is 7.52. The molecular weight excluding hydrogens is 298 g/mol. The molecule has 0 radical (unpaired) electrons. The van der Waals surface area contributed by atoms with Crippen LogP contribution in [0, 0.1) is 18.3 Å². The van der Waals surface area contributed by atoms with Crippen LogP contribution in [0.2, 0.25) is 5.02 Å². The molecule has 1 aromatic carbocycles. The third-order valence-electron chi connectivity index (χ3n) is 4.01. The molecule has 0 aliphatic carbocycles. The standard InChI is InChI=1S/C17H16ClN3O/c1-10-6-11(2-3-15(10)18)16-7-13(12-4-5-22-9-12)14(8-19)17(20)21-16/h2-3,6-7,12H,4-5,9H2,1H3,(H2,20,21)/t12-/m0/s1. The molecule has 1 aromatic heterocycles. The Morgan fingerprint density at radius 2 is 2.23 bits per heavy atom. The van der Waals surface area contributed by atoms with Crippen molar-refractivity contribution in [2.24, 2.45) is 0 Å². The average molecular weight is 314 g/mol. The van der Waals surface area contributed by atoms with Crippen LogP contribution in [0.1, 0.15) is 29.0 Å². The molecule has 1 aliphatic rings. The maximum Gasteiger partial charge on any atom is 0.142 e. The number of nitrogens with zero attached hydrogens (tertiary/aromatic N) is 2. The van der Waals surface area contributed by atoms with Gasteiger partial charge in [-0.05, 0) is 42.7 Å². The minimum absolute atomic E-state index is 0.201. The van der Waals surface area contributed by atoms with Gasteiger partial charge in [0, 0.05) is 23.1 Å². The number of anilines is 1. The van der Waals surface area contributed by atoms with E-state index in [-0.39, 0.29) is 11.7 Å². The molecular formula is C17H16ClN3O. The molecule has 1 atom stereocenters. The third-order valence-corrected chi connectivity index (χ3v) is 4.44. The molecule has 2 aromatic rings. The van der Waals surface area contributed by atoms with Gasteiger partial charge in [-0.25, -0.2) is 4.98 Å². The van der Waals surface area contributed by atoms with E-state index in [1.165, 1.54) is 0 Å². The summed E-state index contributed by atoms with van der Waals surface area (Å²) >= 11 is 6.08. The zero-order chi connectivity index (χ0) is 15.7. The van der Waals surface area contributed by atoms with E-state index < -0.39 is 0 Å². The molecule has 3 rings (SSSR count). The molecule has 1 aliphatic heterocycles. The van der Waals surface area contributed by atoms with Crippen molar-refractivity contribution in [1.29, 1.82) is 5.26 Å². The first-order chi connectivity index (χ1) is 10.6. The topological polar surface area (TPSA) is 71.9 Å². The summed E-state index contributed by atoms with van der Waals surface area (Å²) in [6.45, 7) is 3.29. The second-order valence-corrected chi connectivity index (χ2v) is 5.90. The Labute approximate surface area is 134 Å². The van der Waals surface area contributed by atoms with Gasteiger partial charge in [0.15, 0.2) is 0 Å². The molecule has 2 N–H and O–H groups in total. The van der Waals surface area contributed by atoms with Crippen molar-refractivity contribution in [2.45, 2.75) is 19.3 Å². The van der Waals surface area contributed by atoms with E-state index >= 15 is 0 Å². The van der Waals surface area contributed by atoms with Crippen LogP contribution in [0.3, 0.4) is 0 Å². The lowest BCUT2D eigenvalue weighted by Crippen LogP contribution is -2.07. The second-order valence-electron chi connectivity index (χ2n) is 5.49. The zero-order valence-corrected chi connectivity index (χ0v) is 13.0. The van der Waals surface area contributed by atoms with Gasteiger partial charge in [0.05, 0.1) is 17.9 Å². The number of benzene rings is 1. The van der Waals surface area contributed by atoms with Crippen molar-refractivity contribution >= 4 is 17.4 Å². The van der Waals surface area contributed by atoms with Crippen LogP contribution in [0.15, 0.2) is 24.3 Å². The summed E-state index contributed by atoms with van der Waals surface area (Å²) < 4.78 is 5.44. The van der Waals surface area contributed by atoms with Gasteiger partial charge in [-0.2, -0.15) is 5.26 Å². The SMILES string of the molecule is Cc1cc(-c2cc([C@H]3CCOC3)c(C#N)c(N)n2)ccc1Cl. The number of halogens is 1. The van der Waals surface area contributed by atoms with Crippen LogP contribution in [-0.2, 0) is 4.74 Å². The van der Waals surface area contributed by atoms with Gasteiger partial charge in [-0.15, -0.1) is 0 Å². The summed E-state index contributed by atoms with van der Waals surface area (Å²) in [4.78, 5) is 4.39. The molecule has 4 nitrogen and oxygen atoms in total. The summed E-state index contributed by atoms with van der Waals surface area (Å²) in [7, 11) is 0. The minimum atomic E-state index is 0.201. The monoisotopic (exact) mass is 313 g/mol. The molecule has 0 amide bonds. The predicted molar refractivity (Wildman–Crippen MR) is 86.7 cm³/mol. The number of hydrogen-bond acceptors (Lipinski definition) is 4. The van der Waals surface area contributed by atoms with Crippen molar-refractivity contribution in [3.05, 3.63) is 46.0 Å². The number of aryl methyl sites for hydroxylation is 1. The van der Waals surface area contributed by atoms with E-state index in [1.807, 2.05) is 31.2 Å². The Balaban J connectivity index is 2.12. The highest BCUT2D eigenvalue weighted by Crippen LogP contribution is 2.33. The molecule has 0 bridgehead atoms. The summed E-state index contributed by atoms with van der Waals surface area (Å²) in [6, 6.07) is 9.87. The van der Waals surface area contributed by atoms with E-state index in [0.29, 0.717) is 18.8 Å². The molecule has 5 heteroatoms. The number of ether oxygens (including phenoxy) is 1. The number of nitrogens with two attached hydrogens (primary N) is 1. The molecule has 112 valence electrons. The van der Waals surface area contributed by atoms with E-state index in [0.717, 1.165) is 33.8 Å². The summed E-state index contributed by atoms with van der Waals surface area (Å²) in [6.07, 6.45) is 0.900. The van der Waals surface area contributed by atoms with Crippen LogP contribution in [0.4, 0.5) is 5.82 Å². The van der Waals surface area contributed by atoms with Gasteiger partial charge in [0.25, 0.3) is 0 Å². The Kier molecular flexibility index (Phi) is 4.02. The maximum absolute atomic E-state index is 9.37. The first kappa shape index (κ1) is 14.8. The van der Waals surface area contributed by atoms with Crippen LogP contribution < -0.4 is 5.73 Å². The Hall–Kier alpha value is -2.09. The van der Waals surface area contributed by atoms with E-state index in [1.54, 1.807) is 0 Å². The summed E-state index contributed by atoms with van der Waals surface area (Å²) in [5, 5.41) is 10.1. The third kappa shape index (κ3) is 2.66. The Morgan fingerprint density at radius 1 is 1.41 bits per heavy atom. The number of aromatic nitrogens is 1. The van der Waals surface area contributed by atoms with Crippen LogP contribution >= 0.6 is 11.6 Å². The molecule has 22 heavy (non-hydrogen) atoms. The van der Waals surface area contributed by atoms with E-state index in [2.05, 4.69) is 11.1 Å². The summed E-state index contributed by atoms with van der Waals surface area (Å²) in [5.74, 6) is 0.474. The fraction of sp³-hybridized carbons (Fsp3) is 0.294. The highest BCUT2D eigenvalue weighted by molar-refractivity contribution is 6.31. The summed E-state index contributed by atoms with van der Waals surface area (Å²) in [5.41, 5.74) is 10.1. The van der Waals surface area contributed by atoms with Gasteiger partial charge in [-0.3, -0.25) is 0 Å². The largest absolute Gasteiger partial charge is 0.383 e. The molecule has 0 saturated carbocycles. The van der Waals surface area contributed by atoms with Crippen LogP contribution in [0.5, 0.6) is 0 Å². The maximum atomic E-state index is 9.37.